The number of Topliss-reactive ketones (excluding diaryl/α,β-unsaturated/α-hetero) is 1. The Morgan fingerprint density at radius 3 is 2.36 bits per heavy atom. The first-order valence-electron chi connectivity index (χ1n) is 10.4. The minimum absolute atomic E-state index is 0.0725. The van der Waals surface area contributed by atoms with Gasteiger partial charge in [-0.1, -0.05) is 24.6 Å². The molecular formula is C24H26ClNO7. The largest absolute Gasteiger partial charge is 0.507 e. The molecule has 2 aromatic rings. The summed E-state index contributed by atoms with van der Waals surface area (Å²) >= 11 is 6.26. The Morgan fingerprint density at radius 2 is 1.76 bits per heavy atom. The number of amides is 1. The molecule has 1 amide bonds. The summed E-state index contributed by atoms with van der Waals surface area (Å²) in [5.41, 5.74) is 0.539. The number of aliphatic hydroxyl groups excluding tert-OH is 1. The molecule has 0 radical (unpaired) electrons. The van der Waals surface area contributed by atoms with Crippen LogP contribution in [0.2, 0.25) is 5.02 Å². The summed E-state index contributed by atoms with van der Waals surface area (Å²) < 4.78 is 16.0. The van der Waals surface area contributed by atoms with Crippen LogP contribution in [0.4, 0.5) is 0 Å². The zero-order valence-electron chi connectivity index (χ0n) is 18.8. The summed E-state index contributed by atoms with van der Waals surface area (Å²) in [6.07, 6.45) is 0.595. The van der Waals surface area contributed by atoms with E-state index in [2.05, 4.69) is 0 Å². The number of halogens is 1. The molecule has 176 valence electrons. The number of likely N-dealkylation sites (tertiary alicyclic amines) is 1. The van der Waals surface area contributed by atoms with Crippen molar-refractivity contribution in [2.75, 3.05) is 27.4 Å². The van der Waals surface area contributed by atoms with Gasteiger partial charge in [0.05, 0.1) is 43.0 Å². The van der Waals surface area contributed by atoms with Crippen LogP contribution in [0.5, 0.6) is 23.0 Å². The third kappa shape index (κ3) is 4.43. The highest BCUT2D eigenvalue weighted by molar-refractivity contribution is 6.46. The topological polar surface area (TPSA) is 106 Å². The molecule has 1 atom stereocenters. The molecule has 0 aliphatic carbocycles. The number of phenolic OH excluding ortho intramolecular Hbond substituents is 1. The lowest BCUT2D eigenvalue weighted by Crippen LogP contribution is -2.30. The first-order chi connectivity index (χ1) is 15.8. The van der Waals surface area contributed by atoms with Crippen LogP contribution in [0.1, 0.15) is 37.4 Å². The van der Waals surface area contributed by atoms with Crippen molar-refractivity contribution in [1.82, 2.24) is 4.90 Å². The molecule has 3 rings (SSSR count). The quantitative estimate of drug-likeness (QED) is 0.333. The molecule has 8 nitrogen and oxygen atoms in total. The predicted molar refractivity (Wildman–Crippen MR) is 123 cm³/mol. The third-order valence-corrected chi connectivity index (χ3v) is 5.63. The van der Waals surface area contributed by atoms with Crippen molar-refractivity contribution in [3.05, 3.63) is 52.1 Å². The van der Waals surface area contributed by atoms with E-state index >= 15 is 0 Å². The molecule has 0 bridgehead atoms. The van der Waals surface area contributed by atoms with Crippen molar-refractivity contribution in [3.63, 3.8) is 0 Å². The number of aromatic hydroxyl groups is 1. The Hall–Kier alpha value is -3.39. The Balaban J connectivity index is 2.27. The normalized spacial score (nSPS) is 17.4. The minimum atomic E-state index is -0.893. The lowest BCUT2D eigenvalue weighted by molar-refractivity contribution is -0.139. The fourth-order valence-electron chi connectivity index (χ4n) is 3.86. The number of ketones is 1. The second-order valence-electron chi connectivity index (χ2n) is 7.34. The monoisotopic (exact) mass is 475 g/mol. The van der Waals surface area contributed by atoms with Crippen molar-refractivity contribution >= 4 is 29.1 Å². The smallest absolute Gasteiger partial charge is 0.295 e. The lowest BCUT2D eigenvalue weighted by atomic mass is 9.94. The molecule has 1 unspecified atom stereocenters. The number of carbonyl (C=O) groups is 2. The molecule has 1 saturated heterocycles. The van der Waals surface area contributed by atoms with Crippen LogP contribution < -0.4 is 14.2 Å². The fourth-order valence-corrected chi connectivity index (χ4v) is 4.10. The van der Waals surface area contributed by atoms with Gasteiger partial charge in [-0.3, -0.25) is 9.59 Å². The fraction of sp³-hybridized carbons (Fsp3) is 0.333. The Labute approximate surface area is 196 Å². The molecule has 2 N–H and O–H groups in total. The zero-order valence-corrected chi connectivity index (χ0v) is 19.6. The minimum Gasteiger partial charge on any atom is -0.507 e. The van der Waals surface area contributed by atoms with Crippen molar-refractivity contribution in [3.8, 4) is 23.0 Å². The second-order valence-corrected chi connectivity index (χ2v) is 7.75. The maximum Gasteiger partial charge on any atom is 0.295 e. The number of rotatable bonds is 8. The summed E-state index contributed by atoms with van der Waals surface area (Å²) in [6, 6.07) is 6.59. The number of methoxy groups -OCH3 is 2. The van der Waals surface area contributed by atoms with Crippen LogP contribution in [-0.4, -0.2) is 54.2 Å². The van der Waals surface area contributed by atoms with Gasteiger partial charge < -0.3 is 29.3 Å². The van der Waals surface area contributed by atoms with Crippen LogP contribution in [0.3, 0.4) is 0 Å². The van der Waals surface area contributed by atoms with E-state index in [1.807, 2.05) is 6.92 Å². The molecule has 0 saturated carbocycles. The van der Waals surface area contributed by atoms with E-state index in [-0.39, 0.29) is 40.0 Å². The predicted octanol–water partition coefficient (Wildman–Crippen LogP) is 4.29. The Kier molecular flexibility index (Phi) is 7.38. The molecule has 1 fully saturated rings. The maximum absolute atomic E-state index is 13.1. The van der Waals surface area contributed by atoms with E-state index in [1.54, 1.807) is 19.1 Å². The van der Waals surface area contributed by atoms with Gasteiger partial charge in [-0.05, 0) is 37.1 Å². The van der Waals surface area contributed by atoms with Gasteiger partial charge in [0, 0.05) is 12.6 Å². The number of ether oxygens (including phenoxy) is 3. The van der Waals surface area contributed by atoms with Crippen LogP contribution in [0.25, 0.3) is 5.76 Å². The second kappa shape index (κ2) is 10.0. The van der Waals surface area contributed by atoms with Gasteiger partial charge in [0.25, 0.3) is 11.7 Å². The number of carbonyl (C=O) groups excluding carboxylic acids is 2. The number of phenols is 1. The molecule has 1 aliphatic rings. The average Bonchev–Trinajstić information content (AvgIpc) is 3.05. The van der Waals surface area contributed by atoms with Crippen molar-refractivity contribution in [1.29, 1.82) is 0 Å². The van der Waals surface area contributed by atoms with E-state index in [9.17, 15) is 19.8 Å². The van der Waals surface area contributed by atoms with E-state index in [0.29, 0.717) is 24.3 Å². The number of hydrogen-bond donors (Lipinski definition) is 2. The molecule has 33 heavy (non-hydrogen) atoms. The highest BCUT2D eigenvalue weighted by atomic mass is 35.5. The van der Waals surface area contributed by atoms with E-state index in [0.717, 1.165) is 0 Å². The van der Waals surface area contributed by atoms with Gasteiger partial charge >= 0.3 is 0 Å². The van der Waals surface area contributed by atoms with Gasteiger partial charge in [-0.25, -0.2) is 0 Å². The Morgan fingerprint density at radius 1 is 1.06 bits per heavy atom. The SMILES string of the molecule is CCCN1C(=O)C(=O)/C(=C(/O)c2cc(Cl)c(OC)cc2OC)C1c1ccc(O)c(OCC)c1. The van der Waals surface area contributed by atoms with Crippen LogP contribution in [-0.2, 0) is 9.59 Å². The number of benzene rings is 2. The van der Waals surface area contributed by atoms with Gasteiger partial charge in [0.15, 0.2) is 11.5 Å². The molecule has 2 aromatic carbocycles. The van der Waals surface area contributed by atoms with E-state index in [4.69, 9.17) is 25.8 Å². The molecule has 0 spiro atoms. The first-order valence-corrected chi connectivity index (χ1v) is 10.8. The highest BCUT2D eigenvalue weighted by Crippen LogP contribution is 2.44. The lowest BCUT2D eigenvalue weighted by Gasteiger charge is -2.25. The van der Waals surface area contributed by atoms with Crippen molar-refractivity contribution in [2.24, 2.45) is 0 Å². The van der Waals surface area contributed by atoms with Crippen LogP contribution in [0, 0.1) is 0 Å². The first kappa shape index (κ1) is 24.3. The van der Waals surface area contributed by atoms with Gasteiger partial charge in [-0.2, -0.15) is 0 Å². The average molecular weight is 476 g/mol. The highest BCUT2D eigenvalue weighted by Gasteiger charge is 2.46. The van der Waals surface area contributed by atoms with Gasteiger partial charge in [0.2, 0.25) is 0 Å². The summed E-state index contributed by atoms with van der Waals surface area (Å²) in [5, 5.41) is 21.6. The maximum atomic E-state index is 13.1. The summed E-state index contributed by atoms with van der Waals surface area (Å²) in [5.74, 6) is -1.30. The van der Waals surface area contributed by atoms with E-state index in [1.165, 1.54) is 37.3 Å². The number of hydrogen-bond acceptors (Lipinski definition) is 7. The van der Waals surface area contributed by atoms with Crippen molar-refractivity contribution < 1.29 is 34.0 Å². The zero-order chi connectivity index (χ0) is 24.3. The van der Waals surface area contributed by atoms with Crippen LogP contribution in [0.15, 0.2) is 35.9 Å². The van der Waals surface area contributed by atoms with Crippen molar-refractivity contribution in [2.45, 2.75) is 26.3 Å². The van der Waals surface area contributed by atoms with Crippen LogP contribution >= 0.6 is 11.6 Å². The summed E-state index contributed by atoms with van der Waals surface area (Å²) in [6.45, 7) is 4.26. The standard InChI is InChI=1S/C24H26ClNO7/c1-5-9-26-21(13-7-8-16(27)19(10-13)33-6-2)20(23(29)24(26)30)22(28)14-11-15(25)18(32-4)12-17(14)31-3/h7-8,10-12,21,27-28H,5-6,9H2,1-4H3/b22-20+. The number of aliphatic hydroxyl groups is 1. The van der Waals surface area contributed by atoms with Gasteiger partial charge in [-0.15, -0.1) is 0 Å². The molecule has 1 heterocycles. The van der Waals surface area contributed by atoms with Gasteiger partial charge in [0.1, 0.15) is 17.3 Å². The molecule has 1 aliphatic heterocycles. The van der Waals surface area contributed by atoms with E-state index < -0.39 is 23.5 Å². The Bertz CT molecular complexity index is 1110. The molecule has 9 heteroatoms. The number of nitrogens with zero attached hydrogens (tertiary/aromatic N) is 1. The molecular weight excluding hydrogens is 450 g/mol. The molecule has 0 aromatic heterocycles. The summed E-state index contributed by atoms with van der Waals surface area (Å²) in [4.78, 5) is 27.4. The summed E-state index contributed by atoms with van der Waals surface area (Å²) in [7, 11) is 2.85. The third-order valence-electron chi connectivity index (χ3n) is 5.33.